The number of aryl methyl sites for hydroxylation is 1. The van der Waals surface area contributed by atoms with Gasteiger partial charge in [0.05, 0.1) is 12.0 Å². The van der Waals surface area contributed by atoms with E-state index in [1.54, 1.807) is 0 Å². The Bertz CT molecular complexity index is 376. The van der Waals surface area contributed by atoms with E-state index in [-0.39, 0.29) is 0 Å². The molecule has 2 nitrogen and oxygen atoms in total. The number of benzene rings is 1. The van der Waals surface area contributed by atoms with Crippen molar-refractivity contribution in [2.24, 2.45) is 0 Å². The van der Waals surface area contributed by atoms with Crippen molar-refractivity contribution in [1.29, 1.82) is 0 Å². The highest BCUT2D eigenvalue weighted by atomic mass is 15.0. The Labute approximate surface area is 77.9 Å². The fourth-order valence-electron chi connectivity index (χ4n) is 1.29. The molecule has 0 amide bonds. The second-order valence-electron chi connectivity index (χ2n) is 2.96. The Kier molecular flexibility index (Phi) is 2.13. The third-order valence-electron chi connectivity index (χ3n) is 2.07. The van der Waals surface area contributed by atoms with E-state index in [2.05, 4.69) is 34.8 Å². The Hall–Kier alpha value is -1.57. The number of nitrogens with zero attached hydrogens (tertiary/aromatic N) is 2. The van der Waals surface area contributed by atoms with Crippen molar-refractivity contribution in [1.82, 2.24) is 9.55 Å². The highest BCUT2D eigenvalue weighted by Crippen LogP contribution is 2.15. The second kappa shape index (κ2) is 3.44. The van der Waals surface area contributed by atoms with E-state index in [0.29, 0.717) is 0 Å². The van der Waals surface area contributed by atoms with E-state index in [0.717, 1.165) is 12.2 Å². The van der Waals surface area contributed by atoms with E-state index >= 15 is 0 Å². The standard InChI is InChI=1S/C11H12N2/c1-2-13-8-11(12-9-13)10-6-4-3-5-7-10/h3-9H,2H2,1H3. The van der Waals surface area contributed by atoms with Gasteiger partial charge in [-0.2, -0.15) is 0 Å². The molecule has 2 rings (SSSR count). The summed E-state index contributed by atoms with van der Waals surface area (Å²) >= 11 is 0. The van der Waals surface area contributed by atoms with Gasteiger partial charge >= 0.3 is 0 Å². The van der Waals surface area contributed by atoms with Crippen molar-refractivity contribution in [3.05, 3.63) is 42.9 Å². The van der Waals surface area contributed by atoms with Crippen LogP contribution < -0.4 is 0 Å². The van der Waals surface area contributed by atoms with E-state index in [9.17, 15) is 0 Å². The number of imidazole rings is 1. The molecule has 2 aromatic rings. The summed E-state index contributed by atoms with van der Waals surface area (Å²) in [5, 5.41) is 0. The highest BCUT2D eigenvalue weighted by molar-refractivity contribution is 5.57. The molecule has 66 valence electrons. The smallest absolute Gasteiger partial charge is 0.0953 e. The van der Waals surface area contributed by atoms with Crippen molar-refractivity contribution in [3.8, 4) is 11.3 Å². The van der Waals surface area contributed by atoms with Crippen LogP contribution in [-0.2, 0) is 6.54 Å². The first-order chi connectivity index (χ1) is 6.40. The van der Waals surface area contributed by atoms with Gasteiger partial charge in [-0.25, -0.2) is 4.98 Å². The van der Waals surface area contributed by atoms with Gasteiger partial charge in [-0.05, 0) is 6.92 Å². The minimum Gasteiger partial charge on any atom is -0.337 e. The van der Waals surface area contributed by atoms with Crippen LogP contribution in [0.3, 0.4) is 0 Å². The first-order valence-electron chi connectivity index (χ1n) is 4.47. The average Bonchev–Trinajstić information content (AvgIpc) is 2.67. The van der Waals surface area contributed by atoms with Gasteiger partial charge in [0.1, 0.15) is 0 Å². The van der Waals surface area contributed by atoms with Gasteiger partial charge in [0.25, 0.3) is 0 Å². The number of hydrogen-bond donors (Lipinski definition) is 0. The van der Waals surface area contributed by atoms with Gasteiger partial charge in [-0.3, -0.25) is 0 Å². The SMILES string of the molecule is CCn1cnc(-c2ccccc2)c1. The zero-order valence-electron chi connectivity index (χ0n) is 7.64. The lowest BCUT2D eigenvalue weighted by Crippen LogP contribution is -1.86. The molecule has 0 N–H and O–H groups in total. The molecule has 0 aliphatic heterocycles. The maximum absolute atomic E-state index is 4.32. The summed E-state index contributed by atoms with van der Waals surface area (Å²) in [6, 6.07) is 10.2. The van der Waals surface area contributed by atoms with Crippen molar-refractivity contribution in [2.45, 2.75) is 13.5 Å². The molecule has 1 aromatic heterocycles. The molecule has 0 bridgehead atoms. The quantitative estimate of drug-likeness (QED) is 0.680. The van der Waals surface area contributed by atoms with Crippen LogP contribution in [0, 0.1) is 0 Å². The molecule has 0 saturated heterocycles. The zero-order chi connectivity index (χ0) is 9.10. The third-order valence-corrected chi connectivity index (χ3v) is 2.07. The fourth-order valence-corrected chi connectivity index (χ4v) is 1.29. The van der Waals surface area contributed by atoms with Crippen molar-refractivity contribution < 1.29 is 0 Å². The van der Waals surface area contributed by atoms with Crippen LogP contribution in [0.1, 0.15) is 6.92 Å². The molecule has 0 atom stereocenters. The van der Waals surface area contributed by atoms with E-state index < -0.39 is 0 Å². The highest BCUT2D eigenvalue weighted by Gasteiger charge is 1.98. The van der Waals surface area contributed by atoms with Crippen LogP contribution in [0.25, 0.3) is 11.3 Å². The Morgan fingerprint density at radius 3 is 2.62 bits per heavy atom. The largest absolute Gasteiger partial charge is 0.337 e. The molecule has 13 heavy (non-hydrogen) atoms. The van der Waals surface area contributed by atoms with Gasteiger partial charge in [0, 0.05) is 18.3 Å². The molecule has 2 heteroatoms. The first-order valence-corrected chi connectivity index (χ1v) is 4.47. The topological polar surface area (TPSA) is 17.8 Å². The zero-order valence-corrected chi connectivity index (χ0v) is 7.64. The summed E-state index contributed by atoms with van der Waals surface area (Å²) in [6.45, 7) is 3.08. The van der Waals surface area contributed by atoms with E-state index in [4.69, 9.17) is 0 Å². The van der Waals surface area contributed by atoms with E-state index in [1.807, 2.05) is 24.5 Å². The lowest BCUT2D eigenvalue weighted by atomic mass is 10.2. The van der Waals surface area contributed by atoms with Crippen LogP contribution in [0.4, 0.5) is 0 Å². The Morgan fingerprint density at radius 1 is 1.23 bits per heavy atom. The summed E-state index contributed by atoms with van der Waals surface area (Å²) in [5.41, 5.74) is 2.22. The minimum atomic E-state index is 0.972. The second-order valence-corrected chi connectivity index (χ2v) is 2.96. The molecule has 1 aromatic carbocycles. The van der Waals surface area contributed by atoms with Crippen LogP contribution in [-0.4, -0.2) is 9.55 Å². The molecule has 0 spiro atoms. The van der Waals surface area contributed by atoms with Crippen LogP contribution in [0.5, 0.6) is 0 Å². The monoisotopic (exact) mass is 172 g/mol. The molecule has 0 fully saturated rings. The predicted molar refractivity (Wildman–Crippen MR) is 53.3 cm³/mol. The molecular weight excluding hydrogens is 160 g/mol. The fraction of sp³-hybridized carbons (Fsp3) is 0.182. The van der Waals surface area contributed by atoms with Crippen LogP contribution in [0.15, 0.2) is 42.9 Å². The first kappa shape index (κ1) is 8.05. The summed E-state index contributed by atoms with van der Waals surface area (Å²) in [5.74, 6) is 0. The minimum absolute atomic E-state index is 0.972. The van der Waals surface area contributed by atoms with Gasteiger partial charge in [-0.1, -0.05) is 30.3 Å². The average molecular weight is 172 g/mol. The Morgan fingerprint density at radius 2 is 2.00 bits per heavy atom. The summed E-state index contributed by atoms with van der Waals surface area (Å²) in [7, 11) is 0. The van der Waals surface area contributed by atoms with Gasteiger partial charge in [0.2, 0.25) is 0 Å². The lowest BCUT2D eigenvalue weighted by Gasteiger charge is -1.94. The molecular formula is C11H12N2. The molecule has 1 heterocycles. The maximum atomic E-state index is 4.32. The summed E-state index contributed by atoms with van der Waals surface area (Å²) in [4.78, 5) is 4.32. The normalized spacial score (nSPS) is 10.2. The van der Waals surface area contributed by atoms with Crippen molar-refractivity contribution in [3.63, 3.8) is 0 Å². The summed E-state index contributed by atoms with van der Waals surface area (Å²) in [6.07, 6.45) is 3.93. The van der Waals surface area contributed by atoms with Gasteiger partial charge in [0.15, 0.2) is 0 Å². The third kappa shape index (κ3) is 1.61. The van der Waals surface area contributed by atoms with Crippen LogP contribution in [0.2, 0.25) is 0 Å². The molecule has 0 aliphatic carbocycles. The molecule has 0 aliphatic rings. The predicted octanol–water partition coefficient (Wildman–Crippen LogP) is 2.57. The lowest BCUT2D eigenvalue weighted by molar-refractivity contribution is 0.762. The number of aromatic nitrogens is 2. The van der Waals surface area contributed by atoms with Crippen molar-refractivity contribution >= 4 is 0 Å². The van der Waals surface area contributed by atoms with Crippen LogP contribution >= 0.6 is 0 Å². The summed E-state index contributed by atoms with van der Waals surface area (Å²) < 4.78 is 2.07. The Balaban J connectivity index is 2.36. The number of hydrogen-bond acceptors (Lipinski definition) is 1. The van der Waals surface area contributed by atoms with Gasteiger partial charge < -0.3 is 4.57 Å². The van der Waals surface area contributed by atoms with Gasteiger partial charge in [-0.15, -0.1) is 0 Å². The van der Waals surface area contributed by atoms with Crippen molar-refractivity contribution in [2.75, 3.05) is 0 Å². The maximum Gasteiger partial charge on any atom is 0.0953 e. The molecule has 0 unspecified atom stereocenters. The molecule has 0 radical (unpaired) electrons. The van der Waals surface area contributed by atoms with E-state index in [1.165, 1.54) is 5.56 Å². The molecule has 0 saturated carbocycles. The number of rotatable bonds is 2.